The summed E-state index contributed by atoms with van der Waals surface area (Å²) in [5.74, 6) is 0.875. The Morgan fingerprint density at radius 1 is 1.24 bits per heavy atom. The largest absolute Gasteiger partial charge is 0.396 e. The number of piperazine rings is 1. The summed E-state index contributed by atoms with van der Waals surface area (Å²) in [4.78, 5) is 9.20. The predicted molar refractivity (Wildman–Crippen MR) is 90.4 cm³/mol. The van der Waals surface area contributed by atoms with Crippen molar-refractivity contribution >= 4 is 27.4 Å². The Balaban J connectivity index is 1.98. The monoisotopic (exact) mass is 346 g/mol. The van der Waals surface area contributed by atoms with Crippen LogP contribution in [-0.4, -0.2) is 36.6 Å². The third-order valence-electron chi connectivity index (χ3n) is 3.90. The quantitative estimate of drug-likeness (QED) is 0.907. The van der Waals surface area contributed by atoms with Crippen molar-refractivity contribution in [3.63, 3.8) is 0 Å². The Hall–Kier alpha value is -1.59. The molecule has 1 aromatic heterocycles. The van der Waals surface area contributed by atoms with Crippen LogP contribution < -0.4 is 10.6 Å². The molecule has 21 heavy (non-hydrogen) atoms. The van der Waals surface area contributed by atoms with Crippen LogP contribution in [0, 0.1) is 0 Å². The highest BCUT2D eigenvalue weighted by Crippen LogP contribution is 2.33. The van der Waals surface area contributed by atoms with Gasteiger partial charge in [0.15, 0.2) is 5.82 Å². The van der Waals surface area contributed by atoms with Crippen molar-refractivity contribution in [3.05, 3.63) is 52.6 Å². The van der Waals surface area contributed by atoms with Crippen LogP contribution in [0.3, 0.4) is 0 Å². The van der Waals surface area contributed by atoms with Gasteiger partial charge in [-0.2, -0.15) is 0 Å². The molecule has 1 aliphatic heterocycles. The number of benzene rings is 1. The first kappa shape index (κ1) is 14.4. The summed E-state index contributed by atoms with van der Waals surface area (Å²) in [6, 6.07) is 12.8. The zero-order chi connectivity index (χ0) is 14.8. The number of hydrogen-bond donors (Lipinski definition) is 1. The van der Waals surface area contributed by atoms with E-state index in [-0.39, 0.29) is 6.04 Å². The lowest BCUT2D eigenvalue weighted by Gasteiger charge is -2.41. The molecule has 1 aliphatic rings. The second-order valence-electron chi connectivity index (χ2n) is 5.45. The number of nitrogen functional groups attached to an aromatic ring is 1. The Labute approximate surface area is 133 Å². The van der Waals surface area contributed by atoms with E-state index in [1.165, 1.54) is 5.56 Å². The number of nitrogens with zero attached hydrogens (tertiary/aromatic N) is 3. The molecule has 2 heterocycles. The molecule has 0 radical (unpaired) electrons. The number of rotatable bonds is 2. The van der Waals surface area contributed by atoms with Crippen molar-refractivity contribution in [2.24, 2.45) is 0 Å². The first-order chi connectivity index (χ1) is 10.1. The van der Waals surface area contributed by atoms with Gasteiger partial charge in [0.2, 0.25) is 0 Å². The van der Waals surface area contributed by atoms with Crippen molar-refractivity contribution in [1.82, 2.24) is 9.88 Å². The molecule has 0 bridgehead atoms. The van der Waals surface area contributed by atoms with Crippen molar-refractivity contribution < 1.29 is 0 Å². The summed E-state index contributed by atoms with van der Waals surface area (Å²) in [5.41, 5.74) is 8.20. The Morgan fingerprint density at radius 2 is 2.00 bits per heavy atom. The fourth-order valence-electron chi connectivity index (χ4n) is 2.82. The predicted octanol–water partition coefficient (Wildman–Crippen LogP) is 2.92. The molecule has 5 heteroatoms. The topological polar surface area (TPSA) is 45.4 Å². The van der Waals surface area contributed by atoms with Gasteiger partial charge in [-0.15, -0.1) is 0 Å². The molecule has 1 unspecified atom stereocenters. The summed E-state index contributed by atoms with van der Waals surface area (Å²) >= 11 is 3.42. The number of hydrogen-bond acceptors (Lipinski definition) is 4. The lowest BCUT2D eigenvalue weighted by atomic mass is 10.0. The van der Waals surface area contributed by atoms with Crippen LogP contribution in [0.15, 0.2) is 47.1 Å². The molecule has 2 aromatic rings. The van der Waals surface area contributed by atoms with E-state index in [0.717, 1.165) is 35.6 Å². The van der Waals surface area contributed by atoms with Gasteiger partial charge < -0.3 is 15.5 Å². The van der Waals surface area contributed by atoms with Gasteiger partial charge in [0, 0.05) is 30.3 Å². The fourth-order valence-corrected chi connectivity index (χ4v) is 3.17. The minimum Gasteiger partial charge on any atom is -0.396 e. The van der Waals surface area contributed by atoms with E-state index in [1.807, 2.05) is 18.3 Å². The molecule has 2 N–H and O–H groups in total. The van der Waals surface area contributed by atoms with Gasteiger partial charge in [0.25, 0.3) is 0 Å². The zero-order valence-corrected chi connectivity index (χ0v) is 13.6. The molecule has 1 fully saturated rings. The number of aromatic nitrogens is 1. The highest BCUT2D eigenvalue weighted by Gasteiger charge is 2.28. The van der Waals surface area contributed by atoms with E-state index < -0.39 is 0 Å². The molecule has 1 atom stereocenters. The first-order valence-corrected chi connectivity index (χ1v) is 7.85. The van der Waals surface area contributed by atoms with Gasteiger partial charge in [-0.05, 0) is 34.6 Å². The molecular formula is C16H19BrN4. The average Bonchev–Trinajstić information content (AvgIpc) is 2.49. The van der Waals surface area contributed by atoms with Gasteiger partial charge in [0.05, 0.1) is 11.7 Å². The second-order valence-corrected chi connectivity index (χ2v) is 6.36. The number of halogens is 1. The van der Waals surface area contributed by atoms with E-state index in [1.54, 1.807) is 0 Å². The maximum atomic E-state index is 6.18. The van der Waals surface area contributed by atoms with Crippen LogP contribution in [0.2, 0.25) is 0 Å². The average molecular weight is 347 g/mol. The molecule has 110 valence electrons. The Kier molecular flexibility index (Phi) is 4.12. The minimum atomic E-state index is 0.279. The number of pyridine rings is 1. The Bertz CT molecular complexity index is 617. The van der Waals surface area contributed by atoms with Crippen molar-refractivity contribution in [2.75, 3.05) is 37.3 Å². The maximum absolute atomic E-state index is 6.18. The third-order valence-corrected chi connectivity index (χ3v) is 4.34. The normalized spacial score (nSPS) is 19.7. The van der Waals surface area contributed by atoms with Crippen molar-refractivity contribution in [3.8, 4) is 0 Å². The molecule has 0 aliphatic carbocycles. The summed E-state index contributed by atoms with van der Waals surface area (Å²) in [7, 11) is 2.16. The lowest BCUT2D eigenvalue weighted by molar-refractivity contribution is 0.268. The van der Waals surface area contributed by atoms with Crippen LogP contribution in [0.4, 0.5) is 11.5 Å². The van der Waals surface area contributed by atoms with Crippen LogP contribution in [0.25, 0.3) is 0 Å². The molecule has 0 saturated carbocycles. The molecule has 1 aromatic carbocycles. The first-order valence-electron chi connectivity index (χ1n) is 7.06. The zero-order valence-electron chi connectivity index (χ0n) is 12.0. The Morgan fingerprint density at radius 3 is 2.71 bits per heavy atom. The molecule has 0 amide bonds. The molecule has 3 rings (SSSR count). The van der Waals surface area contributed by atoms with Crippen LogP contribution in [0.5, 0.6) is 0 Å². The molecule has 1 saturated heterocycles. The van der Waals surface area contributed by atoms with E-state index in [4.69, 9.17) is 5.73 Å². The van der Waals surface area contributed by atoms with Gasteiger partial charge >= 0.3 is 0 Å². The van der Waals surface area contributed by atoms with Crippen LogP contribution in [0.1, 0.15) is 11.6 Å². The van der Waals surface area contributed by atoms with Crippen LogP contribution in [-0.2, 0) is 0 Å². The minimum absolute atomic E-state index is 0.279. The second kappa shape index (κ2) is 6.03. The van der Waals surface area contributed by atoms with Crippen LogP contribution >= 0.6 is 15.9 Å². The van der Waals surface area contributed by atoms with E-state index in [2.05, 4.69) is 62.0 Å². The van der Waals surface area contributed by atoms with Gasteiger partial charge in [-0.1, -0.05) is 30.3 Å². The number of nitrogens with two attached hydrogens (primary N) is 1. The molecule has 0 spiro atoms. The standard InChI is InChI=1S/C16H19BrN4/c1-20-7-8-21(16-14(18)9-13(17)10-19-16)15(11-20)12-5-3-2-4-6-12/h2-6,9-10,15H,7-8,11,18H2,1H3. The highest BCUT2D eigenvalue weighted by atomic mass is 79.9. The van der Waals surface area contributed by atoms with Gasteiger partial charge in [-0.25, -0.2) is 4.98 Å². The number of anilines is 2. The van der Waals surface area contributed by atoms with Gasteiger partial charge in [0.1, 0.15) is 0 Å². The maximum Gasteiger partial charge on any atom is 0.152 e. The smallest absolute Gasteiger partial charge is 0.152 e. The highest BCUT2D eigenvalue weighted by molar-refractivity contribution is 9.10. The fraction of sp³-hybridized carbons (Fsp3) is 0.312. The van der Waals surface area contributed by atoms with Crippen molar-refractivity contribution in [2.45, 2.75) is 6.04 Å². The molecular weight excluding hydrogens is 328 g/mol. The van der Waals surface area contributed by atoms with E-state index in [0.29, 0.717) is 0 Å². The summed E-state index contributed by atoms with van der Waals surface area (Å²) < 4.78 is 0.911. The van der Waals surface area contributed by atoms with E-state index >= 15 is 0 Å². The molecule has 4 nitrogen and oxygen atoms in total. The number of likely N-dealkylation sites (N-methyl/N-ethyl adjacent to an activating group) is 1. The van der Waals surface area contributed by atoms with E-state index in [9.17, 15) is 0 Å². The third kappa shape index (κ3) is 3.04. The summed E-state index contributed by atoms with van der Waals surface area (Å²) in [6.45, 7) is 2.91. The summed E-state index contributed by atoms with van der Waals surface area (Å²) in [5, 5.41) is 0. The van der Waals surface area contributed by atoms with Gasteiger partial charge in [-0.3, -0.25) is 0 Å². The SMILES string of the molecule is CN1CCN(c2ncc(Br)cc2N)C(c2ccccc2)C1. The van der Waals surface area contributed by atoms with Crippen molar-refractivity contribution in [1.29, 1.82) is 0 Å². The lowest BCUT2D eigenvalue weighted by Crippen LogP contribution is -2.47. The summed E-state index contributed by atoms with van der Waals surface area (Å²) in [6.07, 6.45) is 1.81.